The van der Waals surface area contributed by atoms with Crippen LogP contribution in [0.1, 0.15) is 75.5 Å². The Morgan fingerprint density at radius 3 is 2.11 bits per heavy atom. The van der Waals surface area contributed by atoms with Gasteiger partial charge in [-0.3, -0.25) is 4.98 Å². The summed E-state index contributed by atoms with van der Waals surface area (Å²) in [4.78, 5) is 40.5. The SMILES string of the molecule is C=C1Cc2c(C)cc(C)cc2N2c3nccnc3N3CCCCN4c5nccnc5N(c5cc(C)cc(C)c5C1C32)[C@@H]4CCc1ccccc1-c1nccn2c(C)c(C)nc12. The normalized spacial score (nSPS) is 19.2. The van der Waals surface area contributed by atoms with Crippen molar-refractivity contribution >= 4 is 40.3 Å². The predicted molar refractivity (Wildman–Crippen MR) is 243 cm³/mol. The van der Waals surface area contributed by atoms with Crippen LogP contribution in [-0.4, -0.2) is 59.7 Å². The van der Waals surface area contributed by atoms with Crippen LogP contribution in [-0.2, 0) is 12.8 Å². The highest BCUT2D eigenvalue weighted by Gasteiger charge is 2.50. The van der Waals surface area contributed by atoms with E-state index in [1.807, 2.05) is 37.2 Å². The Bertz CT molecular complexity index is 2910. The molecule has 3 atom stereocenters. The smallest absolute Gasteiger partial charge is 0.178 e. The standard InChI is InChI=1S/C50H51N11/c1-29-24-31(3)38-28-33(5)43-42-32(4)25-30(2)27-40(42)60-41(15-14-36-12-8-9-13-37(36)44-45-56-34(6)35(7)57(45)23-20-51-44)58(46-48(60)54-18-16-52-46)21-10-11-22-59-47-49(55-19-17-53-47)61(50(43)59)39(38)26-29/h8-9,12-13,16-20,23-27,41,43,50H,5,10-11,14-15,21-22,28H2,1-4,6-7H3/t41-,43?,50?/m1/s1. The van der Waals surface area contributed by atoms with Crippen molar-refractivity contribution in [3.05, 3.63) is 148 Å². The van der Waals surface area contributed by atoms with E-state index in [9.17, 15) is 0 Å². The number of imidazole rings is 1. The molecular weight excluding hydrogens is 755 g/mol. The molecule has 7 aromatic rings. The van der Waals surface area contributed by atoms with E-state index < -0.39 is 0 Å². The van der Waals surface area contributed by atoms with Gasteiger partial charge in [-0.1, -0.05) is 48.6 Å². The molecule has 61 heavy (non-hydrogen) atoms. The van der Waals surface area contributed by atoms with Gasteiger partial charge in [-0.05, 0) is 125 Å². The quantitative estimate of drug-likeness (QED) is 0.160. The third kappa shape index (κ3) is 5.76. The van der Waals surface area contributed by atoms with Gasteiger partial charge in [-0.25, -0.2) is 24.9 Å². The molecule has 3 aromatic carbocycles. The summed E-state index contributed by atoms with van der Waals surface area (Å²) >= 11 is 0. The van der Waals surface area contributed by atoms with E-state index in [0.717, 1.165) is 102 Å². The molecule has 0 fully saturated rings. The number of benzene rings is 3. The summed E-state index contributed by atoms with van der Waals surface area (Å²) in [5, 5.41) is 0. The van der Waals surface area contributed by atoms with Gasteiger partial charge in [0.1, 0.15) is 18.0 Å². The molecule has 11 nitrogen and oxygen atoms in total. The number of hydrogen-bond acceptors (Lipinski definition) is 10. The van der Waals surface area contributed by atoms with Crippen LogP contribution in [0.5, 0.6) is 0 Å². The fourth-order valence-corrected chi connectivity index (χ4v) is 10.9. The van der Waals surface area contributed by atoms with Crippen LogP contribution in [0.2, 0.25) is 0 Å². The number of rotatable bonds is 4. The largest absolute Gasteiger partial charge is 0.333 e. The maximum Gasteiger partial charge on any atom is 0.178 e. The van der Waals surface area contributed by atoms with Crippen molar-refractivity contribution in [1.82, 2.24) is 34.3 Å². The lowest BCUT2D eigenvalue weighted by molar-refractivity contribution is 0.514. The molecule has 0 saturated heterocycles. The zero-order chi connectivity index (χ0) is 41.7. The maximum atomic E-state index is 5.17. The van der Waals surface area contributed by atoms with Crippen LogP contribution in [0.3, 0.4) is 0 Å². The van der Waals surface area contributed by atoms with Crippen LogP contribution < -0.4 is 19.6 Å². The van der Waals surface area contributed by atoms with Crippen molar-refractivity contribution in [1.29, 1.82) is 0 Å². The maximum absolute atomic E-state index is 5.17. The second-order valence-electron chi connectivity index (χ2n) is 17.5. The van der Waals surface area contributed by atoms with Gasteiger partial charge in [0.15, 0.2) is 28.9 Å². The van der Waals surface area contributed by atoms with E-state index in [-0.39, 0.29) is 18.2 Å². The van der Waals surface area contributed by atoms with Crippen molar-refractivity contribution < 1.29 is 0 Å². The lowest BCUT2D eigenvalue weighted by Gasteiger charge is -2.41. The van der Waals surface area contributed by atoms with E-state index >= 15 is 0 Å². The summed E-state index contributed by atoms with van der Waals surface area (Å²) in [7, 11) is 0. The van der Waals surface area contributed by atoms with E-state index in [1.54, 1.807) is 0 Å². The summed E-state index contributed by atoms with van der Waals surface area (Å²) in [6.45, 7) is 19.8. The van der Waals surface area contributed by atoms with Crippen molar-refractivity contribution in [2.45, 2.75) is 91.9 Å². The molecule has 4 aliphatic rings. The average Bonchev–Trinajstić information content (AvgIpc) is 3.82. The average molecular weight is 806 g/mol. The predicted octanol–water partition coefficient (Wildman–Crippen LogP) is 9.72. The Balaban J connectivity index is 1.09. The van der Waals surface area contributed by atoms with Gasteiger partial charge in [-0.15, -0.1) is 0 Å². The number of aryl methyl sites for hydroxylation is 7. The molecule has 4 aliphatic heterocycles. The lowest BCUT2D eigenvalue weighted by Crippen LogP contribution is -2.48. The zero-order valence-electron chi connectivity index (χ0n) is 35.9. The number of hydrogen-bond donors (Lipinski definition) is 0. The van der Waals surface area contributed by atoms with Crippen LogP contribution in [0.4, 0.5) is 34.6 Å². The monoisotopic (exact) mass is 805 g/mol. The van der Waals surface area contributed by atoms with Gasteiger partial charge in [0.2, 0.25) is 0 Å². The molecule has 4 aromatic heterocycles. The van der Waals surface area contributed by atoms with E-state index in [1.165, 1.54) is 50.2 Å². The molecule has 11 rings (SSSR count). The van der Waals surface area contributed by atoms with E-state index in [0.29, 0.717) is 0 Å². The molecule has 0 saturated carbocycles. The topological polar surface area (TPSA) is 94.7 Å². The van der Waals surface area contributed by atoms with Crippen LogP contribution in [0.15, 0.2) is 97.9 Å². The van der Waals surface area contributed by atoms with Gasteiger partial charge in [0.25, 0.3) is 0 Å². The molecule has 306 valence electrons. The summed E-state index contributed by atoms with van der Waals surface area (Å²) < 4.78 is 2.16. The first-order valence-electron chi connectivity index (χ1n) is 21.7. The van der Waals surface area contributed by atoms with Crippen LogP contribution in [0, 0.1) is 41.5 Å². The first kappa shape index (κ1) is 37.4. The van der Waals surface area contributed by atoms with Gasteiger partial charge in [0, 0.05) is 78.8 Å². The Morgan fingerprint density at radius 2 is 1.34 bits per heavy atom. The molecule has 0 spiro atoms. The number of aromatic nitrogens is 7. The summed E-state index contributed by atoms with van der Waals surface area (Å²) in [6, 6.07) is 18.1. The third-order valence-electron chi connectivity index (χ3n) is 13.6. The zero-order valence-corrected chi connectivity index (χ0v) is 35.9. The minimum Gasteiger partial charge on any atom is -0.333 e. The molecule has 2 unspecified atom stereocenters. The van der Waals surface area contributed by atoms with Gasteiger partial charge in [-0.2, -0.15) is 0 Å². The lowest BCUT2D eigenvalue weighted by atomic mass is 9.81. The second kappa shape index (κ2) is 14.2. The molecule has 0 radical (unpaired) electrons. The minimum atomic E-state index is -0.109. The fraction of sp³-hybridized carbons (Fsp3) is 0.320. The Labute approximate surface area is 357 Å². The fourth-order valence-electron chi connectivity index (χ4n) is 10.9. The van der Waals surface area contributed by atoms with Crippen molar-refractivity contribution in [2.75, 3.05) is 32.7 Å². The summed E-state index contributed by atoms with van der Waals surface area (Å²) in [5.41, 5.74) is 17.4. The first-order chi connectivity index (χ1) is 29.7. The van der Waals surface area contributed by atoms with E-state index in [4.69, 9.17) is 36.5 Å². The van der Waals surface area contributed by atoms with E-state index in [2.05, 4.69) is 114 Å². The first-order valence-corrected chi connectivity index (χ1v) is 21.7. The number of anilines is 6. The Morgan fingerprint density at radius 1 is 0.689 bits per heavy atom. The molecule has 0 aliphatic carbocycles. The molecule has 2 bridgehead atoms. The van der Waals surface area contributed by atoms with Gasteiger partial charge < -0.3 is 24.0 Å². The second-order valence-corrected chi connectivity index (χ2v) is 17.5. The third-order valence-corrected chi connectivity index (χ3v) is 13.6. The highest BCUT2D eigenvalue weighted by atomic mass is 15.5. The van der Waals surface area contributed by atoms with Crippen molar-refractivity contribution in [2.24, 2.45) is 0 Å². The minimum absolute atomic E-state index is 0.0399. The Hall–Kier alpha value is -6.62. The molecule has 11 heteroatoms. The van der Waals surface area contributed by atoms with Gasteiger partial charge >= 0.3 is 0 Å². The molecule has 0 N–H and O–H groups in total. The van der Waals surface area contributed by atoms with Crippen LogP contribution in [0.25, 0.3) is 16.9 Å². The molecule has 0 amide bonds. The summed E-state index contributed by atoms with van der Waals surface area (Å²) in [5.74, 6) is 3.63. The van der Waals surface area contributed by atoms with Crippen molar-refractivity contribution in [3.63, 3.8) is 0 Å². The molecular formula is C50H51N11. The van der Waals surface area contributed by atoms with Crippen molar-refractivity contribution in [3.8, 4) is 11.3 Å². The highest BCUT2D eigenvalue weighted by Crippen LogP contribution is 2.55. The number of fused-ring (bicyclic) bond motifs is 14. The molecule has 8 heterocycles. The number of nitrogens with zero attached hydrogens (tertiary/aromatic N) is 11. The highest BCUT2D eigenvalue weighted by molar-refractivity contribution is 5.85. The summed E-state index contributed by atoms with van der Waals surface area (Å²) in [6.07, 6.45) is 15.5. The van der Waals surface area contributed by atoms with Gasteiger partial charge in [0.05, 0.1) is 5.69 Å². The Kier molecular flexibility index (Phi) is 8.73. The van der Waals surface area contributed by atoms with Crippen LogP contribution >= 0.6 is 0 Å².